The Bertz CT molecular complexity index is 1080. The minimum Gasteiger partial charge on any atom is -0.493 e. The van der Waals surface area contributed by atoms with Gasteiger partial charge in [-0.15, -0.1) is 0 Å². The SMILES string of the molecule is COc1ccc(N2C(=O)NCC(C(=O)Nc3cc(C(F)(F)F)ccc3Cl)C2=O)cc1OC. The topological polar surface area (TPSA) is 97.0 Å². The first-order valence-corrected chi connectivity index (χ1v) is 9.46. The van der Waals surface area contributed by atoms with Gasteiger partial charge in [0, 0.05) is 12.6 Å². The van der Waals surface area contributed by atoms with E-state index in [0.29, 0.717) is 11.8 Å². The van der Waals surface area contributed by atoms with Crippen LogP contribution in [0.4, 0.5) is 29.3 Å². The molecule has 1 heterocycles. The van der Waals surface area contributed by atoms with Crippen LogP contribution in [0.2, 0.25) is 5.02 Å². The van der Waals surface area contributed by atoms with Gasteiger partial charge in [-0.1, -0.05) is 11.6 Å². The lowest BCUT2D eigenvalue weighted by atomic mass is 10.0. The molecule has 2 aromatic carbocycles. The molecule has 0 bridgehead atoms. The van der Waals surface area contributed by atoms with E-state index < -0.39 is 35.5 Å². The molecule has 8 nitrogen and oxygen atoms in total. The Morgan fingerprint density at radius 2 is 1.81 bits per heavy atom. The fraction of sp³-hybridized carbons (Fsp3) is 0.250. The molecule has 32 heavy (non-hydrogen) atoms. The van der Waals surface area contributed by atoms with Gasteiger partial charge in [0.1, 0.15) is 5.92 Å². The van der Waals surface area contributed by atoms with Gasteiger partial charge in [0.05, 0.1) is 36.2 Å². The van der Waals surface area contributed by atoms with Crippen LogP contribution >= 0.6 is 11.6 Å². The number of benzene rings is 2. The molecule has 1 aliphatic rings. The number of anilines is 2. The summed E-state index contributed by atoms with van der Waals surface area (Å²) < 4.78 is 49.2. The second-order valence-electron chi connectivity index (χ2n) is 6.63. The number of nitrogens with one attached hydrogen (secondary N) is 2. The highest BCUT2D eigenvalue weighted by atomic mass is 35.5. The molecule has 2 aromatic rings. The van der Waals surface area contributed by atoms with Crippen LogP contribution in [-0.2, 0) is 15.8 Å². The third kappa shape index (κ3) is 4.57. The zero-order chi connectivity index (χ0) is 23.6. The highest BCUT2D eigenvalue weighted by Gasteiger charge is 2.40. The van der Waals surface area contributed by atoms with E-state index in [-0.39, 0.29) is 28.7 Å². The molecule has 1 unspecified atom stereocenters. The number of imide groups is 1. The summed E-state index contributed by atoms with van der Waals surface area (Å²) in [7, 11) is 2.78. The van der Waals surface area contributed by atoms with Crippen molar-refractivity contribution in [3.63, 3.8) is 0 Å². The lowest BCUT2D eigenvalue weighted by Gasteiger charge is -2.31. The summed E-state index contributed by atoms with van der Waals surface area (Å²) in [6.07, 6.45) is -4.65. The maximum Gasteiger partial charge on any atom is 0.416 e. The van der Waals surface area contributed by atoms with Crippen molar-refractivity contribution in [3.8, 4) is 11.5 Å². The van der Waals surface area contributed by atoms with Crippen LogP contribution in [0.25, 0.3) is 0 Å². The van der Waals surface area contributed by atoms with Gasteiger partial charge in [0.25, 0.3) is 0 Å². The normalized spacial score (nSPS) is 16.4. The summed E-state index contributed by atoms with van der Waals surface area (Å²) in [6.45, 7) is -0.343. The van der Waals surface area contributed by atoms with E-state index in [1.54, 1.807) is 0 Å². The van der Waals surface area contributed by atoms with Gasteiger partial charge in [-0.3, -0.25) is 9.59 Å². The highest BCUT2D eigenvalue weighted by molar-refractivity contribution is 6.34. The number of urea groups is 1. The average Bonchev–Trinajstić information content (AvgIpc) is 2.74. The number of methoxy groups -OCH3 is 2. The smallest absolute Gasteiger partial charge is 0.416 e. The summed E-state index contributed by atoms with van der Waals surface area (Å²) in [6, 6.07) is 5.91. The minimum atomic E-state index is -4.65. The zero-order valence-corrected chi connectivity index (χ0v) is 17.5. The number of carbonyl (C=O) groups excluding carboxylic acids is 3. The van der Waals surface area contributed by atoms with Crippen LogP contribution in [-0.4, -0.2) is 38.6 Å². The number of ether oxygens (including phenoxy) is 2. The van der Waals surface area contributed by atoms with Crippen LogP contribution < -0.4 is 25.0 Å². The standard InChI is InChI=1S/C20H17ClF3N3O5/c1-31-15-6-4-11(8-16(15)32-2)27-18(29)12(9-25-19(27)30)17(28)26-14-7-10(20(22,23)24)3-5-13(14)21/h3-8,12H,9H2,1-2H3,(H,25,30)(H,26,28). The Hall–Kier alpha value is -3.47. The van der Waals surface area contributed by atoms with Gasteiger partial charge in [0.2, 0.25) is 11.8 Å². The Morgan fingerprint density at radius 3 is 2.44 bits per heavy atom. The van der Waals surface area contributed by atoms with E-state index in [1.807, 2.05) is 0 Å². The van der Waals surface area contributed by atoms with Crippen LogP contribution in [0.15, 0.2) is 36.4 Å². The predicted molar refractivity (Wildman–Crippen MR) is 109 cm³/mol. The van der Waals surface area contributed by atoms with Gasteiger partial charge in [-0.25, -0.2) is 9.69 Å². The molecule has 4 amide bonds. The molecule has 0 aliphatic carbocycles. The van der Waals surface area contributed by atoms with Crippen molar-refractivity contribution >= 4 is 40.8 Å². The van der Waals surface area contributed by atoms with Gasteiger partial charge >= 0.3 is 12.2 Å². The summed E-state index contributed by atoms with van der Waals surface area (Å²) in [5.41, 5.74) is -1.22. The molecule has 0 spiro atoms. The number of rotatable bonds is 5. The van der Waals surface area contributed by atoms with Crippen LogP contribution in [0.3, 0.4) is 0 Å². The monoisotopic (exact) mass is 471 g/mol. The maximum atomic E-state index is 13.0. The van der Waals surface area contributed by atoms with Crippen molar-refractivity contribution in [2.45, 2.75) is 6.18 Å². The summed E-state index contributed by atoms with van der Waals surface area (Å²) >= 11 is 5.90. The second-order valence-corrected chi connectivity index (χ2v) is 7.04. The maximum absolute atomic E-state index is 13.0. The van der Waals surface area contributed by atoms with Crippen molar-refractivity contribution in [1.29, 1.82) is 0 Å². The molecule has 12 heteroatoms. The fourth-order valence-electron chi connectivity index (χ4n) is 3.04. The number of carbonyl (C=O) groups is 3. The van der Waals surface area contributed by atoms with E-state index in [9.17, 15) is 27.6 Å². The first-order valence-electron chi connectivity index (χ1n) is 9.08. The number of hydrogen-bond acceptors (Lipinski definition) is 5. The van der Waals surface area contributed by atoms with E-state index in [4.69, 9.17) is 21.1 Å². The Morgan fingerprint density at radius 1 is 1.12 bits per heavy atom. The van der Waals surface area contributed by atoms with E-state index in [0.717, 1.165) is 17.0 Å². The molecule has 0 saturated carbocycles. The molecule has 170 valence electrons. The van der Waals surface area contributed by atoms with Crippen molar-refractivity contribution in [1.82, 2.24) is 5.32 Å². The van der Waals surface area contributed by atoms with Gasteiger partial charge in [-0.2, -0.15) is 13.2 Å². The van der Waals surface area contributed by atoms with Gasteiger partial charge in [0.15, 0.2) is 11.5 Å². The Balaban J connectivity index is 1.86. The molecular weight excluding hydrogens is 455 g/mol. The van der Waals surface area contributed by atoms with Crippen molar-refractivity contribution in [2.75, 3.05) is 31.0 Å². The molecule has 1 fully saturated rings. The first kappa shape index (κ1) is 23.2. The zero-order valence-electron chi connectivity index (χ0n) is 16.7. The van der Waals surface area contributed by atoms with Gasteiger partial charge < -0.3 is 20.1 Å². The van der Waals surface area contributed by atoms with Crippen LogP contribution in [0.1, 0.15) is 5.56 Å². The fourth-order valence-corrected chi connectivity index (χ4v) is 3.21. The number of halogens is 4. The van der Waals surface area contributed by atoms with Crippen molar-refractivity contribution in [3.05, 3.63) is 47.0 Å². The third-order valence-electron chi connectivity index (χ3n) is 4.67. The molecule has 1 aliphatic heterocycles. The Kier molecular flexibility index (Phi) is 6.49. The van der Waals surface area contributed by atoms with Crippen molar-refractivity contribution in [2.24, 2.45) is 5.92 Å². The van der Waals surface area contributed by atoms with E-state index >= 15 is 0 Å². The lowest BCUT2D eigenvalue weighted by Crippen LogP contribution is -2.58. The highest BCUT2D eigenvalue weighted by Crippen LogP contribution is 2.35. The largest absolute Gasteiger partial charge is 0.493 e. The van der Waals surface area contributed by atoms with Crippen LogP contribution in [0, 0.1) is 5.92 Å². The number of nitrogens with zero attached hydrogens (tertiary/aromatic N) is 1. The molecule has 2 N–H and O–H groups in total. The number of alkyl halides is 3. The molecule has 3 rings (SSSR count). The number of amides is 4. The minimum absolute atomic E-state index is 0.111. The first-order chi connectivity index (χ1) is 15.1. The van der Waals surface area contributed by atoms with Crippen LogP contribution in [0.5, 0.6) is 11.5 Å². The summed E-state index contributed by atoms with van der Waals surface area (Å²) in [5, 5.41) is 4.51. The molecule has 0 radical (unpaired) electrons. The van der Waals surface area contributed by atoms with E-state index in [2.05, 4.69) is 10.6 Å². The molecule has 0 aromatic heterocycles. The predicted octanol–water partition coefficient (Wildman–Crippen LogP) is 3.69. The molecular formula is C20H17ClF3N3O5. The summed E-state index contributed by atoms with van der Waals surface area (Å²) in [5.74, 6) is -2.61. The average molecular weight is 472 g/mol. The number of hydrogen-bond donors (Lipinski definition) is 2. The van der Waals surface area contributed by atoms with Crippen molar-refractivity contribution < 1.29 is 37.0 Å². The van der Waals surface area contributed by atoms with Gasteiger partial charge in [-0.05, 0) is 30.3 Å². The molecule has 1 saturated heterocycles. The quantitative estimate of drug-likeness (QED) is 0.648. The van der Waals surface area contributed by atoms with E-state index in [1.165, 1.54) is 32.4 Å². The molecule has 1 atom stereocenters. The third-order valence-corrected chi connectivity index (χ3v) is 5.00. The Labute approximate surface area is 185 Å². The summed E-state index contributed by atoms with van der Waals surface area (Å²) in [4.78, 5) is 38.7. The lowest BCUT2D eigenvalue weighted by molar-refractivity contribution is -0.137. The second kappa shape index (κ2) is 8.95.